The van der Waals surface area contributed by atoms with E-state index in [1.54, 1.807) is 20.3 Å². The Balaban J connectivity index is 2.20. The Hall–Kier alpha value is -1.01. The lowest BCUT2D eigenvalue weighted by molar-refractivity contribution is -0.00461. The van der Waals surface area contributed by atoms with Gasteiger partial charge in [0.05, 0.1) is 12.2 Å². The Morgan fingerprint density at radius 3 is 2.35 bits per heavy atom. The van der Waals surface area contributed by atoms with Gasteiger partial charge in [-0.15, -0.1) is 0 Å². The average molecular weight is 282 g/mol. The maximum absolute atomic E-state index is 13.2. The molecule has 1 aliphatic heterocycles. The van der Waals surface area contributed by atoms with Crippen molar-refractivity contribution in [2.75, 3.05) is 33.9 Å². The second-order valence-electron chi connectivity index (χ2n) is 5.25. The van der Waals surface area contributed by atoms with E-state index in [1.807, 2.05) is 13.0 Å². The van der Waals surface area contributed by atoms with Gasteiger partial charge >= 0.3 is 0 Å². The summed E-state index contributed by atoms with van der Waals surface area (Å²) in [5, 5.41) is 0. The van der Waals surface area contributed by atoms with Gasteiger partial charge in [0.25, 0.3) is 0 Å². The van der Waals surface area contributed by atoms with Crippen LogP contribution in [0.1, 0.15) is 17.2 Å². The molecule has 0 radical (unpaired) electrons. The van der Waals surface area contributed by atoms with E-state index in [0.29, 0.717) is 6.54 Å². The number of aryl methyl sites for hydroxylation is 1. The highest BCUT2D eigenvalue weighted by Crippen LogP contribution is 2.28. The normalized spacial score (nSPS) is 25.1. The molecule has 2 rings (SSSR count). The number of nitrogens with zero attached hydrogens (tertiary/aromatic N) is 1. The molecule has 0 amide bonds. The molecule has 112 valence electrons. The van der Waals surface area contributed by atoms with Crippen molar-refractivity contribution in [2.24, 2.45) is 5.73 Å². The summed E-state index contributed by atoms with van der Waals surface area (Å²) in [6, 6.07) is 4.93. The molecule has 3 atom stereocenters. The van der Waals surface area contributed by atoms with Crippen LogP contribution in [0.2, 0.25) is 0 Å². The minimum Gasteiger partial charge on any atom is -0.377 e. The zero-order valence-electron chi connectivity index (χ0n) is 12.3. The number of rotatable bonds is 5. The molecular formula is C15H23FN2O2. The summed E-state index contributed by atoms with van der Waals surface area (Å²) >= 11 is 0. The van der Waals surface area contributed by atoms with Gasteiger partial charge in [-0.2, -0.15) is 0 Å². The monoisotopic (exact) mass is 282 g/mol. The van der Waals surface area contributed by atoms with E-state index in [0.717, 1.165) is 24.2 Å². The average Bonchev–Trinajstić information content (AvgIpc) is 2.85. The van der Waals surface area contributed by atoms with Crippen molar-refractivity contribution in [3.05, 3.63) is 35.1 Å². The Morgan fingerprint density at radius 2 is 1.90 bits per heavy atom. The van der Waals surface area contributed by atoms with Crippen molar-refractivity contribution < 1.29 is 13.9 Å². The van der Waals surface area contributed by atoms with Gasteiger partial charge in [-0.1, -0.05) is 6.07 Å². The van der Waals surface area contributed by atoms with Crippen molar-refractivity contribution in [2.45, 2.75) is 25.2 Å². The zero-order valence-corrected chi connectivity index (χ0v) is 12.3. The Morgan fingerprint density at radius 1 is 1.30 bits per heavy atom. The van der Waals surface area contributed by atoms with Gasteiger partial charge < -0.3 is 15.2 Å². The van der Waals surface area contributed by atoms with E-state index in [2.05, 4.69) is 4.90 Å². The number of halogens is 1. The maximum atomic E-state index is 13.2. The molecule has 1 heterocycles. The van der Waals surface area contributed by atoms with Gasteiger partial charge in [0.15, 0.2) is 0 Å². The van der Waals surface area contributed by atoms with Gasteiger partial charge in [-0.25, -0.2) is 4.39 Å². The molecule has 1 aromatic carbocycles. The van der Waals surface area contributed by atoms with Crippen LogP contribution in [0.5, 0.6) is 0 Å². The molecule has 0 spiro atoms. The van der Waals surface area contributed by atoms with Crippen LogP contribution in [0.15, 0.2) is 18.2 Å². The standard InChI is InChI=1S/C15H23FN2O2/c1-10-6-11(16)4-5-12(10)13(7-17)18-8-14(19-2)15(9-18)20-3/h4-6,13-15H,7-9,17H2,1-3H3. The molecule has 3 unspecified atom stereocenters. The molecule has 1 fully saturated rings. The zero-order chi connectivity index (χ0) is 14.7. The molecule has 1 aromatic rings. The molecule has 0 bridgehead atoms. The fourth-order valence-corrected chi connectivity index (χ4v) is 2.96. The van der Waals surface area contributed by atoms with E-state index in [9.17, 15) is 4.39 Å². The predicted molar refractivity (Wildman–Crippen MR) is 76.1 cm³/mol. The van der Waals surface area contributed by atoms with Crippen molar-refractivity contribution in [3.63, 3.8) is 0 Å². The highest BCUT2D eigenvalue weighted by Gasteiger charge is 2.36. The molecule has 0 aromatic heterocycles. The molecule has 0 aliphatic carbocycles. The first kappa shape index (κ1) is 15.4. The summed E-state index contributed by atoms with van der Waals surface area (Å²) in [5.74, 6) is -0.215. The summed E-state index contributed by atoms with van der Waals surface area (Å²) in [6.07, 6.45) is 0.101. The lowest BCUT2D eigenvalue weighted by Crippen LogP contribution is -2.33. The van der Waals surface area contributed by atoms with Crippen LogP contribution in [0.4, 0.5) is 4.39 Å². The quantitative estimate of drug-likeness (QED) is 0.888. The Kier molecular flexibility index (Phi) is 5.10. The van der Waals surface area contributed by atoms with E-state index in [1.165, 1.54) is 6.07 Å². The van der Waals surface area contributed by atoms with Gasteiger partial charge in [0.1, 0.15) is 5.82 Å². The van der Waals surface area contributed by atoms with Gasteiger partial charge in [-0.3, -0.25) is 4.90 Å². The third-order valence-electron chi connectivity index (χ3n) is 4.10. The molecule has 5 heteroatoms. The molecular weight excluding hydrogens is 259 g/mol. The molecule has 20 heavy (non-hydrogen) atoms. The van der Waals surface area contributed by atoms with Crippen molar-refractivity contribution in [1.82, 2.24) is 4.90 Å². The largest absolute Gasteiger partial charge is 0.377 e. The fourth-order valence-electron chi connectivity index (χ4n) is 2.96. The second kappa shape index (κ2) is 6.63. The summed E-state index contributed by atoms with van der Waals surface area (Å²) in [4.78, 5) is 2.25. The van der Waals surface area contributed by atoms with Crippen LogP contribution in [-0.4, -0.2) is 51.0 Å². The summed E-state index contributed by atoms with van der Waals surface area (Å²) < 4.78 is 24.2. The lowest BCUT2D eigenvalue weighted by Gasteiger charge is -2.28. The molecule has 2 N–H and O–H groups in total. The molecule has 4 nitrogen and oxygen atoms in total. The Labute approximate surface area is 119 Å². The highest BCUT2D eigenvalue weighted by molar-refractivity contribution is 5.30. The first-order chi connectivity index (χ1) is 9.60. The third kappa shape index (κ3) is 3.01. The fraction of sp³-hybridized carbons (Fsp3) is 0.600. The number of hydrogen-bond acceptors (Lipinski definition) is 4. The summed E-state index contributed by atoms with van der Waals surface area (Å²) in [7, 11) is 3.39. The number of benzene rings is 1. The summed E-state index contributed by atoms with van der Waals surface area (Å²) in [6.45, 7) is 3.94. The highest BCUT2D eigenvalue weighted by atomic mass is 19.1. The molecule has 0 saturated carbocycles. The van der Waals surface area contributed by atoms with Crippen LogP contribution < -0.4 is 5.73 Å². The van der Waals surface area contributed by atoms with Crippen LogP contribution >= 0.6 is 0 Å². The number of hydrogen-bond donors (Lipinski definition) is 1. The number of methoxy groups -OCH3 is 2. The Bertz CT molecular complexity index is 443. The predicted octanol–water partition coefficient (Wildman–Crippen LogP) is 1.48. The third-order valence-corrected chi connectivity index (χ3v) is 4.10. The number of nitrogens with two attached hydrogens (primary N) is 1. The van der Waals surface area contributed by atoms with E-state index < -0.39 is 0 Å². The topological polar surface area (TPSA) is 47.7 Å². The number of ether oxygens (including phenoxy) is 2. The van der Waals surface area contributed by atoms with Gasteiger partial charge in [-0.05, 0) is 30.2 Å². The van der Waals surface area contributed by atoms with Crippen LogP contribution in [-0.2, 0) is 9.47 Å². The first-order valence-electron chi connectivity index (χ1n) is 6.86. The van der Waals surface area contributed by atoms with Crippen molar-refractivity contribution >= 4 is 0 Å². The SMILES string of the molecule is COC1CN(C(CN)c2ccc(F)cc2C)CC1OC. The minimum absolute atomic E-state index is 0.0507. The number of likely N-dealkylation sites (tertiary alicyclic amines) is 1. The molecule has 1 aliphatic rings. The maximum Gasteiger partial charge on any atom is 0.123 e. The van der Waals surface area contributed by atoms with Gasteiger partial charge in [0, 0.05) is 39.9 Å². The van der Waals surface area contributed by atoms with Crippen LogP contribution in [0.25, 0.3) is 0 Å². The lowest BCUT2D eigenvalue weighted by atomic mass is 10.00. The van der Waals surface area contributed by atoms with E-state index in [4.69, 9.17) is 15.2 Å². The second-order valence-corrected chi connectivity index (χ2v) is 5.25. The minimum atomic E-state index is -0.215. The van der Waals surface area contributed by atoms with Crippen LogP contribution in [0, 0.1) is 12.7 Å². The van der Waals surface area contributed by atoms with Crippen molar-refractivity contribution in [3.8, 4) is 0 Å². The summed E-state index contributed by atoms with van der Waals surface area (Å²) in [5.41, 5.74) is 7.94. The van der Waals surface area contributed by atoms with E-state index in [-0.39, 0.29) is 24.1 Å². The van der Waals surface area contributed by atoms with Crippen molar-refractivity contribution in [1.29, 1.82) is 0 Å². The van der Waals surface area contributed by atoms with E-state index >= 15 is 0 Å². The van der Waals surface area contributed by atoms with Gasteiger partial charge in [0.2, 0.25) is 0 Å². The first-order valence-corrected chi connectivity index (χ1v) is 6.86. The van der Waals surface area contributed by atoms with Crippen LogP contribution in [0.3, 0.4) is 0 Å². The smallest absolute Gasteiger partial charge is 0.123 e. The molecule has 1 saturated heterocycles.